The summed E-state index contributed by atoms with van der Waals surface area (Å²) < 4.78 is 37.8. The van der Waals surface area contributed by atoms with E-state index in [1.54, 1.807) is 10.5 Å². The minimum Gasteiger partial charge on any atom is -0.375 e. The molecule has 2 saturated heterocycles. The summed E-state index contributed by atoms with van der Waals surface area (Å²) in [4.78, 5) is 4.24. The van der Waals surface area contributed by atoms with Crippen LogP contribution in [-0.4, -0.2) is 54.9 Å². The number of ether oxygens (including phenoxy) is 2. The van der Waals surface area contributed by atoms with E-state index in [1.807, 2.05) is 18.2 Å². The van der Waals surface area contributed by atoms with E-state index in [-0.39, 0.29) is 16.8 Å². The van der Waals surface area contributed by atoms with Crippen molar-refractivity contribution in [3.05, 3.63) is 30.1 Å². The predicted octanol–water partition coefficient (Wildman–Crippen LogP) is 1.18. The highest BCUT2D eigenvalue weighted by atomic mass is 32.2. The van der Waals surface area contributed by atoms with Crippen LogP contribution in [0.2, 0.25) is 0 Å². The third kappa shape index (κ3) is 2.91. The van der Waals surface area contributed by atoms with Crippen LogP contribution < -0.4 is 0 Å². The van der Waals surface area contributed by atoms with Crippen molar-refractivity contribution in [3.63, 3.8) is 0 Å². The summed E-state index contributed by atoms with van der Waals surface area (Å²) in [6.45, 7) is 2.74. The van der Waals surface area contributed by atoms with E-state index in [1.165, 1.54) is 0 Å². The van der Waals surface area contributed by atoms with Gasteiger partial charge in [-0.15, -0.1) is 0 Å². The second-order valence-corrected chi connectivity index (χ2v) is 8.96. The van der Waals surface area contributed by atoms with Gasteiger partial charge in [-0.05, 0) is 31.4 Å². The lowest BCUT2D eigenvalue weighted by Crippen LogP contribution is -2.67. The van der Waals surface area contributed by atoms with Crippen LogP contribution in [0, 0.1) is 5.92 Å². The molecule has 6 nitrogen and oxygen atoms in total. The fourth-order valence-corrected chi connectivity index (χ4v) is 5.42. The minimum absolute atomic E-state index is 0.139. The molecule has 0 amide bonds. The average molecular weight is 338 g/mol. The van der Waals surface area contributed by atoms with Crippen LogP contribution in [0.1, 0.15) is 25.0 Å². The number of hydrogen-bond donors (Lipinski definition) is 0. The summed E-state index contributed by atoms with van der Waals surface area (Å²) in [5.41, 5.74) is 0.582. The van der Waals surface area contributed by atoms with Crippen molar-refractivity contribution < 1.29 is 17.9 Å². The van der Waals surface area contributed by atoms with E-state index in [9.17, 15) is 8.42 Å². The van der Waals surface area contributed by atoms with Crippen LogP contribution in [0.5, 0.6) is 0 Å². The van der Waals surface area contributed by atoms with Crippen molar-refractivity contribution >= 4 is 10.0 Å². The predicted molar refractivity (Wildman–Crippen MR) is 84.2 cm³/mol. The first-order valence-electron chi connectivity index (χ1n) is 8.21. The standard InChI is InChI=1S/C16H22N2O4S/c19-23(20,15-4-5-15)18-11-16(12-18)13(6-8-22-16)9-21-10-14-3-1-2-7-17-14/h1-3,7,13,15H,4-6,8-12H2. The molecule has 1 saturated carbocycles. The van der Waals surface area contributed by atoms with Gasteiger partial charge in [0.2, 0.25) is 10.0 Å². The van der Waals surface area contributed by atoms with E-state index >= 15 is 0 Å². The molecule has 1 unspecified atom stereocenters. The first-order valence-corrected chi connectivity index (χ1v) is 9.71. The van der Waals surface area contributed by atoms with Crippen LogP contribution in [0.25, 0.3) is 0 Å². The molecular formula is C16H22N2O4S. The van der Waals surface area contributed by atoms with Gasteiger partial charge in [-0.3, -0.25) is 4.98 Å². The Morgan fingerprint density at radius 1 is 1.30 bits per heavy atom. The Morgan fingerprint density at radius 3 is 2.83 bits per heavy atom. The Labute approximate surface area is 136 Å². The number of rotatable bonds is 6. The van der Waals surface area contributed by atoms with Crippen LogP contribution in [0.15, 0.2) is 24.4 Å². The Morgan fingerprint density at radius 2 is 2.13 bits per heavy atom. The van der Waals surface area contributed by atoms with Gasteiger partial charge < -0.3 is 9.47 Å². The van der Waals surface area contributed by atoms with Gasteiger partial charge in [-0.25, -0.2) is 8.42 Å². The molecule has 1 spiro atoms. The number of aromatic nitrogens is 1. The van der Waals surface area contributed by atoms with Gasteiger partial charge in [0.05, 0.1) is 24.2 Å². The molecule has 3 aliphatic rings. The third-order valence-electron chi connectivity index (χ3n) is 5.09. The fraction of sp³-hybridized carbons (Fsp3) is 0.688. The summed E-state index contributed by atoms with van der Waals surface area (Å²) in [6.07, 6.45) is 4.30. The van der Waals surface area contributed by atoms with Gasteiger partial charge in [-0.2, -0.15) is 4.31 Å². The molecule has 0 bridgehead atoms. The van der Waals surface area contributed by atoms with Crippen LogP contribution in [-0.2, 0) is 26.1 Å². The van der Waals surface area contributed by atoms with Gasteiger partial charge in [0.15, 0.2) is 0 Å². The van der Waals surface area contributed by atoms with Crippen molar-refractivity contribution in [1.29, 1.82) is 0 Å². The van der Waals surface area contributed by atoms with Crippen molar-refractivity contribution in [2.75, 3.05) is 26.3 Å². The zero-order valence-corrected chi connectivity index (χ0v) is 13.9. The zero-order valence-electron chi connectivity index (χ0n) is 13.1. The van der Waals surface area contributed by atoms with Gasteiger partial charge >= 0.3 is 0 Å². The summed E-state index contributed by atoms with van der Waals surface area (Å²) in [7, 11) is -3.08. The molecule has 126 valence electrons. The number of sulfonamides is 1. The molecule has 1 aromatic rings. The zero-order chi connectivity index (χ0) is 15.9. The molecule has 0 radical (unpaired) electrons. The Bertz CT molecular complexity index is 654. The van der Waals surface area contributed by atoms with Gasteiger partial charge in [0.25, 0.3) is 0 Å². The maximum atomic E-state index is 12.3. The summed E-state index contributed by atoms with van der Waals surface area (Å²) in [5, 5.41) is -0.139. The van der Waals surface area contributed by atoms with E-state index in [4.69, 9.17) is 9.47 Å². The quantitative estimate of drug-likeness (QED) is 0.779. The second kappa shape index (κ2) is 5.81. The molecule has 0 N–H and O–H groups in total. The summed E-state index contributed by atoms with van der Waals surface area (Å²) in [6, 6.07) is 5.76. The maximum absolute atomic E-state index is 12.3. The normalized spacial score (nSPS) is 27.2. The lowest BCUT2D eigenvalue weighted by atomic mass is 9.83. The summed E-state index contributed by atoms with van der Waals surface area (Å²) in [5.74, 6) is 0.261. The monoisotopic (exact) mass is 338 g/mol. The highest BCUT2D eigenvalue weighted by molar-refractivity contribution is 7.90. The van der Waals surface area contributed by atoms with Crippen LogP contribution in [0.3, 0.4) is 0 Å². The topological polar surface area (TPSA) is 68.7 Å². The molecular weight excluding hydrogens is 316 g/mol. The van der Waals surface area contributed by atoms with Gasteiger partial charge in [0.1, 0.15) is 5.60 Å². The van der Waals surface area contributed by atoms with E-state index < -0.39 is 10.0 Å². The number of hydrogen-bond acceptors (Lipinski definition) is 5. The Hall–Kier alpha value is -1.02. The molecule has 2 aliphatic heterocycles. The van der Waals surface area contributed by atoms with E-state index in [2.05, 4.69) is 4.98 Å². The van der Waals surface area contributed by atoms with Crippen molar-refractivity contribution in [1.82, 2.24) is 9.29 Å². The second-order valence-electron chi connectivity index (χ2n) is 6.75. The molecule has 23 heavy (non-hydrogen) atoms. The molecule has 4 rings (SSSR count). The SMILES string of the molecule is O=S(=O)(C1CC1)N1CC2(C1)OCCC2COCc1ccccn1. The summed E-state index contributed by atoms with van der Waals surface area (Å²) >= 11 is 0. The van der Waals surface area contributed by atoms with Crippen molar-refractivity contribution in [3.8, 4) is 0 Å². The molecule has 7 heteroatoms. The molecule has 1 aliphatic carbocycles. The van der Waals surface area contributed by atoms with Crippen molar-refractivity contribution in [2.45, 2.75) is 36.7 Å². The fourth-order valence-electron chi connectivity index (χ4n) is 3.47. The molecule has 3 fully saturated rings. The third-order valence-corrected chi connectivity index (χ3v) is 7.38. The van der Waals surface area contributed by atoms with E-state index in [0.29, 0.717) is 32.9 Å². The van der Waals surface area contributed by atoms with Gasteiger partial charge in [0, 0.05) is 31.8 Å². The lowest BCUT2D eigenvalue weighted by molar-refractivity contribution is -0.115. The molecule has 1 aromatic heterocycles. The van der Waals surface area contributed by atoms with Crippen LogP contribution in [0.4, 0.5) is 0 Å². The lowest BCUT2D eigenvalue weighted by Gasteiger charge is -2.49. The Kier molecular flexibility index (Phi) is 3.91. The molecule has 3 heterocycles. The molecule has 1 atom stereocenters. The van der Waals surface area contributed by atoms with E-state index in [0.717, 1.165) is 25.0 Å². The number of pyridine rings is 1. The molecule has 0 aromatic carbocycles. The number of nitrogens with zero attached hydrogens (tertiary/aromatic N) is 2. The minimum atomic E-state index is -3.08. The smallest absolute Gasteiger partial charge is 0.217 e. The largest absolute Gasteiger partial charge is 0.375 e. The van der Waals surface area contributed by atoms with Gasteiger partial charge in [-0.1, -0.05) is 6.07 Å². The highest BCUT2D eigenvalue weighted by Gasteiger charge is 2.58. The Balaban J connectivity index is 1.31. The maximum Gasteiger partial charge on any atom is 0.217 e. The first-order chi connectivity index (χ1) is 11.1. The van der Waals surface area contributed by atoms with Crippen LogP contribution >= 0.6 is 0 Å². The van der Waals surface area contributed by atoms with Crippen molar-refractivity contribution in [2.24, 2.45) is 5.92 Å². The average Bonchev–Trinajstić information content (AvgIpc) is 3.28. The highest BCUT2D eigenvalue weighted by Crippen LogP contribution is 2.44. The first kappa shape index (κ1) is 15.5.